The zero-order chi connectivity index (χ0) is 6.43. The quantitative estimate of drug-likeness (QED) is 0.335. The van der Waals surface area contributed by atoms with E-state index in [1.165, 1.54) is 4.90 Å². The zero-order valence-corrected chi connectivity index (χ0v) is 4.96. The van der Waals surface area contributed by atoms with Crippen molar-refractivity contribution in [2.24, 2.45) is 0 Å². The van der Waals surface area contributed by atoms with E-state index in [4.69, 9.17) is 0 Å². The summed E-state index contributed by atoms with van der Waals surface area (Å²) in [5.41, 5.74) is 0. The van der Waals surface area contributed by atoms with Gasteiger partial charge in [-0.05, 0) is 6.42 Å². The van der Waals surface area contributed by atoms with Crippen molar-refractivity contribution in [2.75, 3.05) is 0 Å². The zero-order valence-electron chi connectivity index (χ0n) is 4.96. The summed E-state index contributed by atoms with van der Waals surface area (Å²) in [6.07, 6.45) is 2.08. The lowest BCUT2D eigenvalue weighted by Crippen LogP contribution is -2.50. The molecule has 2 heterocycles. The molecule has 3 heteroatoms. The second-order valence-corrected chi connectivity index (χ2v) is 2.55. The van der Waals surface area contributed by atoms with Crippen LogP contribution >= 0.6 is 0 Å². The third-order valence-corrected chi connectivity index (χ3v) is 2.00. The van der Waals surface area contributed by atoms with Crippen LogP contribution in [0.5, 0.6) is 0 Å². The summed E-state index contributed by atoms with van der Waals surface area (Å²) < 4.78 is 0. The van der Waals surface area contributed by atoms with E-state index in [1.807, 2.05) is 0 Å². The molecule has 2 aliphatic rings. The number of carbonyl (C=O) groups excluding carboxylic acids is 2. The Hall–Kier alpha value is -0.860. The smallest absolute Gasteiger partial charge is 0.231 e. The molecule has 0 aromatic carbocycles. The monoisotopic (exact) mass is 125 g/mol. The number of rotatable bonds is 0. The maximum absolute atomic E-state index is 10.8. The van der Waals surface area contributed by atoms with Gasteiger partial charge in [-0.3, -0.25) is 14.5 Å². The van der Waals surface area contributed by atoms with Gasteiger partial charge >= 0.3 is 0 Å². The molecule has 0 aromatic heterocycles. The second-order valence-electron chi connectivity index (χ2n) is 2.55. The van der Waals surface area contributed by atoms with Crippen LogP contribution in [0.3, 0.4) is 0 Å². The fraction of sp³-hybridized carbons (Fsp3) is 0.667. The summed E-state index contributed by atoms with van der Waals surface area (Å²) in [6.45, 7) is 0. The molecule has 0 spiro atoms. The minimum absolute atomic E-state index is 0.0162. The fourth-order valence-electron chi connectivity index (χ4n) is 1.47. The van der Waals surface area contributed by atoms with Crippen molar-refractivity contribution in [3.63, 3.8) is 0 Å². The fourth-order valence-corrected chi connectivity index (χ4v) is 1.47. The molecule has 0 N–H and O–H groups in total. The highest BCUT2D eigenvalue weighted by Crippen LogP contribution is 2.30. The van der Waals surface area contributed by atoms with E-state index < -0.39 is 0 Å². The maximum atomic E-state index is 10.8. The van der Waals surface area contributed by atoms with Crippen LogP contribution in [0, 0.1) is 0 Å². The Morgan fingerprint density at radius 2 is 2.11 bits per heavy atom. The van der Waals surface area contributed by atoms with E-state index in [0.717, 1.165) is 6.42 Å². The largest absolute Gasteiger partial charge is 0.279 e. The molecule has 48 valence electrons. The summed E-state index contributed by atoms with van der Waals surface area (Å²) in [5, 5.41) is 0. The molecule has 2 rings (SSSR count). The van der Waals surface area contributed by atoms with Gasteiger partial charge in [0, 0.05) is 18.9 Å². The first kappa shape index (κ1) is 4.97. The number of β-lactam (4-membered cyclic amide) rings is 1. The van der Waals surface area contributed by atoms with Gasteiger partial charge in [0.2, 0.25) is 11.8 Å². The Kier molecular flexibility index (Phi) is 0.743. The van der Waals surface area contributed by atoms with Crippen LogP contribution in [-0.2, 0) is 9.59 Å². The van der Waals surface area contributed by atoms with Crippen LogP contribution in [0.4, 0.5) is 0 Å². The molecule has 1 atom stereocenters. The van der Waals surface area contributed by atoms with Crippen LogP contribution in [-0.4, -0.2) is 22.8 Å². The Labute approximate surface area is 52.6 Å². The lowest BCUT2D eigenvalue weighted by molar-refractivity contribution is -0.152. The average Bonchev–Trinajstić information content (AvgIpc) is 2.04. The highest BCUT2D eigenvalue weighted by molar-refractivity contribution is 6.02. The number of amides is 2. The molecule has 2 saturated heterocycles. The Morgan fingerprint density at radius 3 is 2.56 bits per heavy atom. The number of imide groups is 1. The van der Waals surface area contributed by atoms with Gasteiger partial charge in [-0.15, -0.1) is 0 Å². The Morgan fingerprint density at radius 1 is 1.33 bits per heavy atom. The first-order valence-corrected chi connectivity index (χ1v) is 3.14. The molecule has 0 aromatic rings. The van der Waals surface area contributed by atoms with Gasteiger partial charge in [0.1, 0.15) is 0 Å². The van der Waals surface area contributed by atoms with Gasteiger partial charge < -0.3 is 0 Å². The molecule has 9 heavy (non-hydrogen) atoms. The third-order valence-electron chi connectivity index (χ3n) is 2.00. The second kappa shape index (κ2) is 1.35. The first-order chi connectivity index (χ1) is 4.29. The van der Waals surface area contributed by atoms with Gasteiger partial charge in [-0.2, -0.15) is 0 Å². The standard InChI is InChI=1S/C6H7NO2/c8-5-2-1-4-3-6(9)7(4)5/h4H,1-3H2/t4-/m0/s1. The summed E-state index contributed by atoms with van der Waals surface area (Å²) >= 11 is 0. The normalized spacial score (nSPS) is 32.4. The van der Waals surface area contributed by atoms with E-state index in [9.17, 15) is 9.59 Å². The van der Waals surface area contributed by atoms with E-state index in [0.29, 0.717) is 12.8 Å². The van der Waals surface area contributed by atoms with Crippen molar-refractivity contribution >= 4 is 11.8 Å². The first-order valence-electron chi connectivity index (χ1n) is 3.14. The Balaban J connectivity index is 2.23. The highest BCUT2D eigenvalue weighted by Gasteiger charge is 2.44. The van der Waals surface area contributed by atoms with Crippen LogP contribution < -0.4 is 0 Å². The van der Waals surface area contributed by atoms with Crippen LogP contribution in [0.2, 0.25) is 0 Å². The molecule has 2 fully saturated rings. The summed E-state index contributed by atoms with van der Waals surface area (Å²) in [7, 11) is 0. The number of carbonyl (C=O) groups is 2. The summed E-state index contributed by atoms with van der Waals surface area (Å²) in [6, 6.07) is 0.282. The number of fused-ring (bicyclic) bond motifs is 1. The summed E-state index contributed by atoms with van der Waals surface area (Å²) in [4.78, 5) is 22.8. The van der Waals surface area contributed by atoms with E-state index in [1.54, 1.807) is 0 Å². The van der Waals surface area contributed by atoms with Crippen molar-refractivity contribution in [1.82, 2.24) is 4.90 Å². The van der Waals surface area contributed by atoms with E-state index in [2.05, 4.69) is 0 Å². The van der Waals surface area contributed by atoms with E-state index in [-0.39, 0.29) is 17.9 Å². The number of hydrogen-bond acceptors (Lipinski definition) is 2. The minimum Gasteiger partial charge on any atom is -0.279 e. The Bertz CT molecular complexity index is 187. The van der Waals surface area contributed by atoms with Crippen LogP contribution in [0.1, 0.15) is 19.3 Å². The van der Waals surface area contributed by atoms with Crippen molar-refractivity contribution in [3.8, 4) is 0 Å². The molecule has 0 aliphatic carbocycles. The molecular weight excluding hydrogens is 118 g/mol. The van der Waals surface area contributed by atoms with Gasteiger partial charge in [0.25, 0.3) is 0 Å². The van der Waals surface area contributed by atoms with E-state index >= 15 is 0 Å². The third kappa shape index (κ3) is 0.465. The van der Waals surface area contributed by atoms with Gasteiger partial charge in [0.05, 0.1) is 0 Å². The average molecular weight is 125 g/mol. The molecule has 2 amide bonds. The predicted molar refractivity (Wildman–Crippen MR) is 29.5 cm³/mol. The molecule has 0 unspecified atom stereocenters. The summed E-state index contributed by atoms with van der Waals surface area (Å²) in [5.74, 6) is 0.0405. The minimum atomic E-state index is 0.0162. The van der Waals surface area contributed by atoms with Crippen LogP contribution in [0.15, 0.2) is 0 Å². The molecule has 0 bridgehead atoms. The SMILES string of the molecule is O=C1CC[C@H]2CC(=O)N12. The molecule has 0 saturated carbocycles. The lowest BCUT2D eigenvalue weighted by Gasteiger charge is -2.31. The van der Waals surface area contributed by atoms with Crippen LogP contribution in [0.25, 0.3) is 0 Å². The van der Waals surface area contributed by atoms with Crippen molar-refractivity contribution < 1.29 is 9.59 Å². The number of hydrogen-bond donors (Lipinski definition) is 0. The molecule has 2 aliphatic heterocycles. The molecule has 3 nitrogen and oxygen atoms in total. The van der Waals surface area contributed by atoms with Gasteiger partial charge in [0.15, 0.2) is 0 Å². The molecule has 0 radical (unpaired) electrons. The van der Waals surface area contributed by atoms with Gasteiger partial charge in [-0.25, -0.2) is 0 Å². The molecular formula is C6H7NO2. The van der Waals surface area contributed by atoms with Crippen molar-refractivity contribution in [2.45, 2.75) is 25.3 Å². The van der Waals surface area contributed by atoms with Crippen molar-refractivity contribution in [3.05, 3.63) is 0 Å². The maximum Gasteiger partial charge on any atom is 0.231 e. The van der Waals surface area contributed by atoms with Gasteiger partial charge in [-0.1, -0.05) is 0 Å². The highest BCUT2D eigenvalue weighted by atomic mass is 16.2. The number of nitrogens with zero attached hydrogens (tertiary/aromatic N) is 1. The predicted octanol–water partition coefficient (Wildman–Crippen LogP) is -0.0923. The van der Waals surface area contributed by atoms with Crippen molar-refractivity contribution in [1.29, 1.82) is 0 Å². The topological polar surface area (TPSA) is 37.4 Å². The lowest BCUT2D eigenvalue weighted by atomic mass is 10.0.